The van der Waals surface area contributed by atoms with E-state index < -0.39 is 6.61 Å². The Balaban J connectivity index is 2.35. The molecule has 0 amide bonds. The Morgan fingerprint density at radius 2 is 2.00 bits per heavy atom. The van der Waals surface area contributed by atoms with Crippen LogP contribution in [0.25, 0.3) is 0 Å². The van der Waals surface area contributed by atoms with Gasteiger partial charge in [0.05, 0.1) is 6.10 Å². The maximum absolute atomic E-state index is 11.9. The highest BCUT2D eigenvalue weighted by molar-refractivity contribution is 4.85. The molecule has 2 unspecified atom stereocenters. The molecule has 0 spiro atoms. The van der Waals surface area contributed by atoms with Gasteiger partial charge in [-0.3, -0.25) is 0 Å². The monoisotopic (exact) mass is 193 g/mol. The van der Waals surface area contributed by atoms with E-state index in [1.54, 1.807) is 0 Å². The Morgan fingerprint density at radius 1 is 1.31 bits per heavy atom. The minimum Gasteiger partial charge on any atom is -0.318 e. The Morgan fingerprint density at radius 3 is 2.54 bits per heavy atom. The van der Waals surface area contributed by atoms with Crippen LogP contribution >= 0.6 is 0 Å². The van der Waals surface area contributed by atoms with Crippen molar-refractivity contribution in [1.82, 2.24) is 5.32 Å². The summed E-state index contributed by atoms with van der Waals surface area (Å²) in [4.78, 5) is 0. The first-order chi connectivity index (χ1) is 6.09. The highest BCUT2D eigenvalue weighted by atomic mass is 19.3. The smallest absolute Gasteiger partial charge is 0.318 e. The van der Waals surface area contributed by atoms with Gasteiger partial charge in [-0.1, -0.05) is 13.8 Å². The average molecular weight is 193 g/mol. The van der Waals surface area contributed by atoms with Gasteiger partial charge in [-0.25, -0.2) is 0 Å². The average Bonchev–Trinajstić information content (AvgIpc) is 2.34. The number of halogens is 2. The van der Waals surface area contributed by atoms with Crippen molar-refractivity contribution < 1.29 is 13.5 Å². The zero-order chi connectivity index (χ0) is 9.84. The van der Waals surface area contributed by atoms with Crippen LogP contribution in [0.3, 0.4) is 0 Å². The largest absolute Gasteiger partial charge is 0.345 e. The summed E-state index contributed by atoms with van der Waals surface area (Å²) in [6.07, 6.45) is 2.36. The summed E-state index contributed by atoms with van der Waals surface area (Å²) in [5.74, 6) is 0. The highest BCUT2D eigenvalue weighted by Crippen LogP contribution is 2.24. The van der Waals surface area contributed by atoms with E-state index in [9.17, 15) is 8.78 Å². The van der Waals surface area contributed by atoms with Crippen LogP contribution in [0.2, 0.25) is 0 Å². The molecule has 13 heavy (non-hydrogen) atoms. The van der Waals surface area contributed by atoms with Crippen molar-refractivity contribution in [1.29, 1.82) is 0 Å². The number of ether oxygens (including phenoxy) is 1. The minimum absolute atomic E-state index is 0.106. The second-order valence-corrected chi connectivity index (χ2v) is 3.79. The molecule has 1 fully saturated rings. The SMILES string of the molecule is CC(C)NC1CCCC1OC(F)F. The molecule has 1 aliphatic rings. The molecule has 0 saturated heterocycles. The van der Waals surface area contributed by atoms with Crippen molar-refractivity contribution in [3.63, 3.8) is 0 Å². The van der Waals surface area contributed by atoms with Gasteiger partial charge in [0.2, 0.25) is 0 Å². The number of rotatable bonds is 4. The summed E-state index contributed by atoms with van der Waals surface area (Å²) < 4.78 is 28.4. The molecule has 0 aromatic carbocycles. The molecule has 0 heterocycles. The predicted octanol–water partition coefficient (Wildman–Crippen LogP) is 2.14. The van der Waals surface area contributed by atoms with Crippen molar-refractivity contribution in [2.24, 2.45) is 0 Å². The van der Waals surface area contributed by atoms with Crippen molar-refractivity contribution in [3.8, 4) is 0 Å². The normalized spacial score (nSPS) is 29.1. The van der Waals surface area contributed by atoms with E-state index in [1.807, 2.05) is 13.8 Å². The first kappa shape index (κ1) is 10.9. The first-order valence-corrected chi connectivity index (χ1v) is 4.79. The third-order valence-corrected chi connectivity index (χ3v) is 2.28. The predicted molar refractivity (Wildman–Crippen MR) is 46.8 cm³/mol. The standard InChI is InChI=1S/C9H17F2NO/c1-6(2)12-7-4-3-5-8(7)13-9(10)11/h6-9,12H,3-5H2,1-2H3. The topological polar surface area (TPSA) is 21.3 Å². The van der Waals surface area contributed by atoms with Crippen LogP contribution in [0.15, 0.2) is 0 Å². The summed E-state index contributed by atoms with van der Waals surface area (Å²) in [6, 6.07) is 0.431. The van der Waals surface area contributed by atoms with Crippen molar-refractivity contribution in [2.45, 2.75) is 57.9 Å². The van der Waals surface area contributed by atoms with Crippen LogP contribution in [-0.2, 0) is 4.74 Å². The zero-order valence-corrected chi connectivity index (χ0v) is 8.09. The first-order valence-electron chi connectivity index (χ1n) is 4.79. The Hall–Kier alpha value is -0.220. The number of nitrogens with one attached hydrogen (secondary N) is 1. The van der Waals surface area contributed by atoms with Crippen molar-refractivity contribution >= 4 is 0 Å². The second-order valence-electron chi connectivity index (χ2n) is 3.79. The van der Waals surface area contributed by atoms with Crippen LogP contribution < -0.4 is 5.32 Å². The van der Waals surface area contributed by atoms with Crippen LogP contribution in [0.5, 0.6) is 0 Å². The van der Waals surface area contributed by atoms with Gasteiger partial charge in [-0.05, 0) is 19.3 Å². The molecule has 0 bridgehead atoms. The summed E-state index contributed by atoms with van der Waals surface area (Å²) in [5, 5.41) is 3.24. The van der Waals surface area contributed by atoms with Gasteiger partial charge in [0, 0.05) is 12.1 Å². The molecular weight excluding hydrogens is 176 g/mol. The van der Waals surface area contributed by atoms with Crippen LogP contribution in [0.1, 0.15) is 33.1 Å². The van der Waals surface area contributed by atoms with E-state index in [-0.39, 0.29) is 12.1 Å². The summed E-state index contributed by atoms with van der Waals surface area (Å²) >= 11 is 0. The molecule has 0 aromatic heterocycles. The fraction of sp³-hybridized carbons (Fsp3) is 1.00. The number of alkyl halides is 2. The lowest BCUT2D eigenvalue weighted by Gasteiger charge is -2.22. The maximum Gasteiger partial charge on any atom is 0.345 e. The maximum atomic E-state index is 11.9. The lowest BCUT2D eigenvalue weighted by atomic mass is 10.2. The molecule has 1 rings (SSSR count). The molecule has 1 N–H and O–H groups in total. The Bertz CT molecular complexity index is 137. The van der Waals surface area contributed by atoms with Gasteiger partial charge in [0.15, 0.2) is 0 Å². The molecular formula is C9H17F2NO. The molecule has 0 aromatic rings. The van der Waals surface area contributed by atoms with Crippen LogP contribution in [-0.4, -0.2) is 24.8 Å². The third kappa shape index (κ3) is 3.56. The fourth-order valence-corrected chi connectivity index (χ4v) is 1.84. The number of hydrogen-bond donors (Lipinski definition) is 1. The van der Waals surface area contributed by atoms with Crippen molar-refractivity contribution in [2.75, 3.05) is 0 Å². The fourth-order valence-electron chi connectivity index (χ4n) is 1.84. The lowest BCUT2D eigenvalue weighted by Crippen LogP contribution is -2.41. The second kappa shape index (κ2) is 4.86. The summed E-state index contributed by atoms with van der Waals surface area (Å²) in [6.45, 7) is 1.38. The van der Waals surface area contributed by atoms with Gasteiger partial charge in [-0.15, -0.1) is 0 Å². The molecule has 0 aliphatic heterocycles. The highest BCUT2D eigenvalue weighted by Gasteiger charge is 2.30. The van der Waals surface area contributed by atoms with E-state index in [4.69, 9.17) is 0 Å². The van der Waals surface area contributed by atoms with E-state index >= 15 is 0 Å². The summed E-state index contributed by atoms with van der Waals surface area (Å²) in [7, 11) is 0. The van der Waals surface area contributed by atoms with E-state index in [1.165, 1.54) is 0 Å². The Labute approximate surface area is 77.6 Å². The number of hydrogen-bond acceptors (Lipinski definition) is 2. The Kier molecular flexibility index (Phi) is 4.06. The molecule has 4 heteroatoms. The van der Waals surface area contributed by atoms with Gasteiger partial charge < -0.3 is 10.1 Å². The minimum atomic E-state index is -2.64. The van der Waals surface area contributed by atoms with E-state index in [0.29, 0.717) is 6.04 Å². The lowest BCUT2D eigenvalue weighted by molar-refractivity contribution is -0.166. The molecule has 1 aliphatic carbocycles. The van der Waals surface area contributed by atoms with Crippen molar-refractivity contribution in [3.05, 3.63) is 0 Å². The molecule has 2 atom stereocenters. The van der Waals surface area contributed by atoms with Crippen LogP contribution in [0, 0.1) is 0 Å². The molecule has 78 valence electrons. The van der Waals surface area contributed by atoms with E-state index in [0.717, 1.165) is 19.3 Å². The quantitative estimate of drug-likeness (QED) is 0.738. The van der Waals surface area contributed by atoms with E-state index in [2.05, 4.69) is 10.1 Å². The third-order valence-electron chi connectivity index (χ3n) is 2.28. The molecule has 2 nitrogen and oxygen atoms in total. The van der Waals surface area contributed by atoms with Gasteiger partial charge >= 0.3 is 6.61 Å². The van der Waals surface area contributed by atoms with Gasteiger partial charge in [0.1, 0.15) is 0 Å². The van der Waals surface area contributed by atoms with Crippen LogP contribution in [0.4, 0.5) is 8.78 Å². The molecule has 0 radical (unpaired) electrons. The van der Waals surface area contributed by atoms with Gasteiger partial charge in [-0.2, -0.15) is 8.78 Å². The molecule has 1 saturated carbocycles. The zero-order valence-electron chi connectivity index (χ0n) is 8.09. The summed E-state index contributed by atoms with van der Waals surface area (Å²) in [5.41, 5.74) is 0. The van der Waals surface area contributed by atoms with Gasteiger partial charge in [0.25, 0.3) is 0 Å².